The maximum Gasteiger partial charge on any atom is 0.216 e. The molecular formula is C14H12BrNO2. The van der Waals surface area contributed by atoms with Gasteiger partial charge in [-0.25, -0.2) is 0 Å². The summed E-state index contributed by atoms with van der Waals surface area (Å²) in [6, 6.07) is 14.5. The third-order valence-corrected chi connectivity index (χ3v) is 2.99. The van der Waals surface area contributed by atoms with E-state index in [4.69, 9.17) is 4.74 Å². The van der Waals surface area contributed by atoms with Crippen LogP contribution in [0, 0.1) is 5.21 Å². The predicted octanol–water partition coefficient (Wildman–Crippen LogP) is 3.72. The van der Waals surface area contributed by atoms with Crippen molar-refractivity contribution in [3.8, 4) is 5.75 Å². The Morgan fingerprint density at radius 2 is 1.67 bits per heavy atom. The van der Waals surface area contributed by atoms with E-state index in [1.54, 1.807) is 19.2 Å². The molecule has 2 aromatic carbocycles. The highest BCUT2D eigenvalue weighted by Gasteiger charge is 2.01. The number of ether oxygens (including phenoxy) is 1. The molecule has 0 aliphatic carbocycles. The third-order valence-electron chi connectivity index (χ3n) is 2.46. The van der Waals surface area contributed by atoms with Crippen LogP contribution in [0.3, 0.4) is 0 Å². The minimum Gasteiger partial charge on any atom is -0.618 e. The highest BCUT2D eigenvalue weighted by atomic mass is 79.9. The molecule has 0 unspecified atom stereocenters. The first-order valence-corrected chi connectivity index (χ1v) is 6.19. The number of hydrogen-bond donors (Lipinski definition) is 0. The van der Waals surface area contributed by atoms with Crippen molar-refractivity contribution < 1.29 is 9.48 Å². The van der Waals surface area contributed by atoms with Crippen LogP contribution in [0.5, 0.6) is 5.75 Å². The van der Waals surface area contributed by atoms with Gasteiger partial charge < -0.3 is 9.94 Å². The summed E-state index contributed by atoms with van der Waals surface area (Å²) in [5.74, 6) is 0.772. The van der Waals surface area contributed by atoms with Gasteiger partial charge in [-0.15, -0.1) is 0 Å². The molecule has 0 fully saturated rings. The second-order valence-corrected chi connectivity index (χ2v) is 4.62. The Morgan fingerprint density at radius 1 is 1.06 bits per heavy atom. The van der Waals surface area contributed by atoms with Gasteiger partial charge in [-0.05, 0) is 36.4 Å². The number of nitrogens with zero attached hydrogens (tertiary/aromatic N) is 1. The van der Waals surface area contributed by atoms with Crippen molar-refractivity contribution in [1.82, 2.24) is 0 Å². The molecule has 0 aromatic heterocycles. The van der Waals surface area contributed by atoms with E-state index in [0.717, 1.165) is 20.5 Å². The van der Waals surface area contributed by atoms with Crippen LogP contribution >= 0.6 is 15.9 Å². The zero-order valence-corrected chi connectivity index (χ0v) is 11.4. The van der Waals surface area contributed by atoms with E-state index in [9.17, 15) is 5.21 Å². The molecular weight excluding hydrogens is 294 g/mol. The van der Waals surface area contributed by atoms with Crippen molar-refractivity contribution in [3.05, 3.63) is 63.8 Å². The van der Waals surface area contributed by atoms with E-state index in [0.29, 0.717) is 5.69 Å². The van der Waals surface area contributed by atoms with Gasteiger partial charge in [0.1, 0.15) is 5.75 Å². The van der Waals surface area contributed by atoms with E-state index in [-0.39, 0.29) is 0 Å². The molecule has 3 nitrogen and oxygen atoms in total. The van der Waals surface area contributed by atoms with Gasteiger partial charge >= 0.3 is 0 Å². The van der Waals surface area contributed by atoms with Crippen LogP contribution in [-0.2, 0) is 0 Å². The molecule has 0 atom stereocenters. The normalized spacial score (nSPS) is 11.3. The summed E-state index contributed by atoms with van der Waals surface area (Å²) in [6.07, 6.45) is 1.53. The summed E-state index contributed by atoms with van der Waals surface area (Å²) in [5.41, 5.74) is 1.42. The lowest BCUT2D eigenvalue weighted by Gasteiger charge is -2.03. The van der Waals surface area contributed by atoms with Crippen LogP contribution in [0.2, 0.25) is 0 Å². The third kappa shape index (κ3) is 3.11. The minimum atomic E-state index is 0.592. The van der Waals surface area contributed by atoms with Crippen LogP contribution < -0.4 is 4.74 Å². The lowest BCUT2D eigenvalue weighted by molar-refractivity contribution is -0.354. The average molecular weight is 306 g/mol. The van der Waals surface area contributed by atoms with Gasteiger partial charge in [0, 0.05) is 22.2 Å². The second-order valence-electron chi connectivity index (χ2n) is 3.70. The molecule has 2 rings (SSSR count). The number of hydrogen-bond acceptors (Lipinski definition) is 2. The number of rotatable bonds is 3. The van der Waals surface area contributed by atoms with E-state index in [2.05, 4.69) is 15.9 Å². The van der Waals surface area contributed by atoms with Gasteiger partial charge in [-0.2, -0.15) is 4.74 Å². The number of halogens is 1. The summed E-state index contributed by atoms with van der Waals surface area (Å²) in [5, 5.41) is 11.9. The van der Waals surface area contributed by atoms with E-state index in [1.807, 2.05) is 36.4 Å². The molecule has 0 heterocycles. The first kappa shape index (κ1) is 12.6. The average Bonchev–Trinajstić information content (AvgIpc) is 2.40. The van der Waals surface area contributed by atoms with Crippen molar-refractivity contribution in [2.45, 2.75) is 0 Å². The molecule has 0 N–H and O–H groups in total. The molecule has 4 heteroatoms. The lowest BCUT2D eigenvalue weighted by Crippen LogP contribution is -1.98. The lowest BCUT2D eigenvalue weighted by atomic mass is 10.2. The second kappa shape index (κ2) is 5.69. The Bertz CT molecular complexity index is 547. The van der Waals surface area contributed by atoms with Crippen LogP contribution in [0.1, 0.15) is 5.56 Å². The number of methoxy groups -OCH3 is 1. The topological polar surface area (TPSA) is 35.3 Å². The highest BCUT2D eigenvalue weighted by Crippen LogP contribution is 2.16. The molecule has 0 aliphatic rings. The predicted molar refractivity (Wildman–Crippen MR) is 75.6 cm³/mol. The van der Waals surface area contributed by atoms with Crippen LogP contribution in [-0.4, -0.2) is 18.1 Å². The molecule has 2 aromatic rings. The zero-order valence-electron chi connectivity index (χ0n) is 9.84. The monoisotopic (exact) mass is 305 g/mol. The van der Waals surface area contributed by atoms with Gasteiger partial charge in [0.15, 0.2) is 6.21 Å². The molecule has 0 aliphatic heterocycles. The quantitative estimate of drug-likeness (QED) is 0.375. The Labute approximate surface area is 114 Å². The molecule has 92 valence electrons. The van der Waals surface area contributed by atoms with Crippen molar-refractivity contribution in [2.24, 2.45) is 0 Å². The van der Waals surface area contributed by atoms with Crippen LogP contribution in [0.25, 0.3) is 0 Å². The number of benzene rings is 2. The van der Waals surface area contributed by atoms with Crippen LogP contribution in [0.4, 0.5) is 5.69 Å². The standard InChI is InChI=1S/C14H12BrNO2/c1-18-14-8-2-11(3-9-14)10-16(17)13-6-4-12(15)5-7-13/h2-10H,1H3/b16-10-. The molecule has 0 bridgehead atoms. The summed E-state index contributed by atoms with van der Waals surface area (Å²) in [6.45, 7) is 0. The van der Waals surface area contributed by atoms with E-state index in [1.165, 1.54) is 6.21 Å². The Morgan fingerprint density at radius 3 is 2.22 bits per heavy atom. The fourth-order valence-electron chi connectivity index (χ4n) is 1.49. The van der Waals surface area contributed by atoms with Gasteiger partial charge in [0.25, 0.3) is 0 Å². The molecule has 0 saturated heterocycles. The fraction of sp³-hybridized carbons (Fsp3) is 0.0714. The first-order valence-electron chi connectivity index (χ1n) is 5.40. The maximum atomic E-state index is 11.9. The summed E-state index contributed by atoms with van der Waals surface area (Å²) < 4.78 is 6.85. The molecule has 0 amide bonds. The molecule has 0 saturated carbocycles. The van der Waals surface area contributed by atoms with Gasteiger partial charge in [-0.1, -0.05) is 15.9 Å². The molecule has 18 heavy (non-hydrogen) atoms. The van der Waals surface area contributed by atoms with Crippen molar-refractivity contribution in [3.63, 3.8) is 0 Å². The zero-order chi connectivity index (χ0) is 13.0. The first-order chi connectivity index (χ1) is 8.69. The van der Waals surface area contributed by atoms with Gasteiger partial charge in [0.2, 0.25) is 5.69 Å². The SMILES string of the molecule is COc1ccc(/C=[N+](\[O-])c2ccc(Br)cc2)cc1. The summed E-state index contributed by atoms with van der Waals surface area (Å²) in [4.78, 5) is 0. The maximum absolute atomic E-state index is 11.9. The van der Waals surface area contributed by atoms with Gasteiger partial charge in [-0.3, -0.25) is 0 Å². The fourth-order valence-corrected chi connectivity index (χ4v) is 1.75. The Balaban J connectivity index is 2.23. The summed E-state index contributed by atoms with van der Waals surface area (Å²) >= 11 is 3.33. The minimum absolute atomic E-state index is 0.592. The largest absolute Gasteiger partial charge is 0.618 e. The Kier molecular flexibility index (Phi) is 3.99. The molecule has 0 radical (unpaired) electrons. The van der Waals surface area contributed by atoms with Gasteiger partial charge in [0.05, 0.1) is 7.11 Å². The van der Waals surface area contributed by atoms with Crippen molar-refractivity contribution in [1.29, 1.82) is 0 Å². The summed E-state index contributed by atoms with van der Waals surface area (Å²) in [7, 11) is 1.61. The van der Waals surface area contributed by atoms with Crippen molar-refractivity contribution in [2.75, 3.05) is 7.11 Å². The van der Waals surface area contributed by atoms with Crippen LogP contribution in [0.15, 0.2) is 53.0 Å². The smallest absolute Gasteiger partial charge is 0.216 e. The van der Waals surface area contributed by atoms with E-state index >= 15 is 0 Å². The highest BCUT2D eigenvalue weighted by molar-refractivity contribution is 9.10. The Hall–Kier alpha value is -1.81. The van der Waals surface area contributed by atoms with E-state index < -0.39 is 0 Å². The van der Waals surface area contributed by atoms with Crippen molar-refractivity contribution >= 4 is 27.8 Å². The molecule has 0 spiro atoms.